The minimum atomic E-state index is -0.231. The number of aryl methyl sites for hydroxylation is 1. The van der Waals surface area contributed by atoms with Gasteiger partial charge in [0.15, 0.2) is 22.7 Å². The number of hydrogen-bond donors (Lipinski definition) is 0. The molecule has 1 aliphatic heterocycles. The maximum Gasteiger partial charge on any atom is 0.289 e. The fourth-order valence-electron chi connectivity index (χ4n) is 4.05. The van der Waals surface area contributed by atoms with E-state index in [2.05, 4.69) is 0 Å². The lowest BCUT2D eigenvalue weighted by Crippen LogP contribution is -2.29. The van der Waals surface area contributed by atoms with Crippen LogP contribution in [0.4, 0.5) is 0 Å². The molecule has 1 amide bonds. The Labute approximate surface area is 175 Å². The van der Waals surface area contributed by atoms with E-state index in [1.54, 1.807) is 31.3 Å². The van der Waals surface area contributed by atoms with Crippen LogP contribution in [0, 0.1) is 12.8 Å². The molecule has 1 aliphatic rings. The lowest BCUT2D eigenvalue weighted by molar-refractivity contribution is 0.0756. The minimum absolute atomic E-state index is 0.102. The summed E-state index contributed by atoms with van der Waals surface area (Å²) in [6, 6.07) is 12.6. The second kappa shape index (κ2) is 8.22. The summed E-state index contributed by atoms with van der Waals surface area (Å²) in [6.45, 7) is 3.20. The van der Waals surface area contributed by atoms with Gasteiger partial charge in [-0.3, -0.25) is 9.59 Å². The molecule has 0 spiro atoms. The van der Waals surface area contributed by atoms with Crippen LogP contribution in [0.5, 0.6) is 11.5 Å². The summed E-state index contributed by atoms with van der Waals surface area (Å²) in [7, 11) is 3.24. The number of rotatable bonds is 5. The number of fused-ring (bicyclic) bond motifs is 1. The number of carbonyl (C=O) groups excluding carboxylic acids is 1. The number of hydrogen-bond acceptors (Lipinski definition) is 5. The zero-order valence-electron chi connectivity index (χ0n) is 17.4. The molecular weight excluding hydrogens is 382 g/mol. The fourth-order valence-corrected chi connectivity index (χ4v) is 4.05. The first kappa shape index (κ1) is 20.0. The van der Waals surface area contributed by atoms with Crippen molar-refractivity contribution in [2.24, 2.45) is 5.92 Å². The van der Waals surface area contributed by atoms with Gasteiger partial charge in [-0.1, -0.05) is 12.1 Å². The van der Waals surface area contributed by atoms with Gasteiger partial charge in [0.1, 0.15) is 5.58 Å². The molecule has 0 saturated carbocycles. The molecule has 0 bridgehead atoms. The average Bonchev–Trinajstić information content (AvgIpc) is 3.21. The molecule has 2 heterocycles. The van der Waals surface area contributed by atoms with E-state index in [4.69, 9.17) is 13.9 Å². The maximum absolute atomic E-state index is 13.0. The quantitative estimate of drug-likeness (QED) is 0.643. The van der Waals surface area contributed by atoms with Gasteiger partial charge in [-0.25, -0.2) is 0 Å². The zero-order valence-corrected chi connectivity index (χ0v) is 17.4. The molecule has 156 valence electrons. The summed E-state index contributed by atoms with van der Waals surface area (Å²) in [6.07, 6.45) is 1.74. The number of benzene rings is 2. The summed E-state index contributed by atoms with van der Waals surface area (Å²) < 4.78 is 16.5. The third-order valence-electron chi connectivity index (χ3n) is 5.64. The van der Waals surface area contributed by atoms with Gasteiger partial charge < -0.3 is 18.8 Å². The van der Waals surface area contributed by atoms with Gasteiger partial charge in [0.05, 0.1) is 19.6 Å². The Morgan fingerprint density at radius 2 is 1.90 bits per heavy atom. The molecule has 1 unspecified atom stereocenters. The van der Waals surface area contributed by atoms with Gasteiger partial charge in [0.2, 0.25) is 0 Å². The highest BCUT2D eigenvalue weighted by atomic mass is 16.5. The normalized spacial score (nSPS) is 16.1. The lowest BCUT2D eigenvalue weighted by atomic mass is 9.98. The Bertz CT molecular complexity index is 1150. The number of nitrogens with zero attached hydrogens (tertiary/aromatic N) is 1. The topological polar surface area (TPSA) is 69.0 Å². The second-order valence-electron chi connectivity index (χ2n) is 7.77. The van der Waals surface area contributed by atoms with Crippen LogP contribution in [-0.4, -0.2) is 38.1 Å². The summed E-state index contributed by atoms with van der Waals surface area (Å²) in [5.74, 6) is 1.61. The molecule has 30 heavy (non-hydrogen) atoms. The highest BCUT2D eigenvalue weighted by molar-refractivity contribution is 5.93. The van der Waals surface area contributed by atoms with Crippen molar-refractivity contribution >= 4 is 16.9 Å². The summed E-state index contributed by atoms with van der Waals surface area (Å²) in [5, 5.41) is 0.491. The van der Waals surface area contributed by atoms with E-state index in [9.17, 15) is 9.59 Å². The number of likely N-dealkylation sites (tertiary alicyclic amines) is 1. The molecule has 3 aromatic rings. The first-order valence-corrected chi connectivity index (χ1v) is 10.0. The number of amides is 1. The Morgan fingerprint density at radius 3 is 2.67 bits per heavy atom. The third kappa shape index (κ3) is 3.90. The van der Waals surface area contributed by atoms with E-state index < -0.39 is 0 Å². The lowest BCUT2D eigenvalue weighted by Gasteiger charge is -2.16. The van der Waals surface area contributed by atoms with Crippen LogP contribution in [-0.2, 0) is 6.42 Å². The Balaban J connectivity index is 1.49. The molecule has 1 fully saturated rings. The summed E-state index contributed by atoms with van der Waals surface area (Å²) in [4.78, 5) is 27.1. The molecule has 0 aliphatic carbocycles. The smallest absolute Gasteiger partial charge is 0.289 e. The predicted octanol–water partition coefficient (Wildman–Crippen LogP) is 3.82. The van der Waals surface area contributed by atoms with Crippen LogP contribution in [0.1, 0.15) is 28.1 Å². The minimum Gasteiger partial charge on any atom is -0.493 e. The molecule has 6 nitrogen and oxygen atoms in total. The Kier molecular flexibility index (Phi) is 5.48. The number of methoxy groups -OCH3 is 2. The van der Waals surface area contributed by atoms with Crippen molar-refractivity contribution in [3.05, 3.63) is 69.6 Å². The highest BCUT2D eigenvalue weighted by Gasteiger charge is 2.29. The van der Waals surface area contributed by atoms with Crippen molar-refractivity contribution in [1.82, 2.24) is 4.90 Å². The molecule has 2 aromatic carbocycles. The SMILES string of the molecule is COc1ccc(CC2CCN(C(=O)c3cc(=O)c4ccc(C)cc4o3)C2)cc1OC. The Morgan fingerprint density at radius 1 is 1.10 bits per heavy atom. The van der Waals surface area contributed by atoms with E-state index in [0.29, 0.717) is 41.5 Å². The van der Waals surface area contributed by atoms with Gasteiger partial charge in [-0.15, -0.1) is 0 Å². The molecule has 4 rings (SSSR count). The average molecular weight is 407 g/mol. The standard InChI is InChI=1S/C24H25NO5/c1-15-4-6-18-19(26)13-23(30-21(18)10-15)24(27)25-9-8-17(14-25)11-16-5-7-20(28-2)22(12-16)29-3/h4-7,10,12-13,17H,8-9,11,14H2,1-3H3. The van der Waals surface area contributed by atoms with Crippen molar-refractivity contribution in [3.8, 4) is 11.5 Å². The Hall–Kier alpha value is -3.28. The second-order valence-corrected chi connectivity index (χ2v) is 7.77. The van der Waals surface area contributed by atoms with E-state index in [1.165, 1.54) is 6.07 Å². The van der Waals surface area contributed by atoms with Gasteiger partial charge in [0, 0.05) is 19.2 Å². The fraction of sp³-hybridized carbons (Fsp3) is 0.333. The van der Waals surface area contributed by atoms with Crippen molar-refractivity contribution in [2.75, 3.05) is 27.3 Å². The van der Waals surface area contributed by atoms with Crippen molar-refractivity contribution in [3.63, 3.8) is 0 Å². The van der Waals surface area contributed by atoms with Gasteiger partial charge >= 0.3 is 0 Å². The van der Waals surface area contributed by atoms with E-state index in [1.807, 2.05) is 31.2 Å². The van der Waals surface area contributed by atoms with Crippen LogP contribution in [0.2, 0.25) is 0 Å². The van der Waals surface area contributed by atoms with Crippen LogP contribution in [0.25, 0.3) is 11.0 Å². The maximum atomic E-state index is 13.0. The molecule has 1 aromatic heterocycles. The van der Waals surface area contributed by atoms with Crippen molar-refractivity contribution in [1.29, 1.82) is 0 Å². The van der Waals surface area contributed by atoms with E-state index in [-0.39, 0.29) is 17.1 Å². The number of ether oxygens (including phenoxy) is 2. The number of carbonyl (C=O) groups is 1. The molecule has 1 atom stereocenters. The van der Waals surface area contributed by atoms with E-state index in [0.717, 1.165) is 24.0 Å². The largest absolute Gasteiger partial charge is 0.493 e. The van der Waals surface area contributed by atoms with Crippen LogP contribution in [0.15, 0.2) is 51.7 Å². The molecule has 0 N–H and O–H groups in total. The summed E-state index contributed by atoms with van der Waals surface area (Å²) >= 11 is 0. The highest BCUT2D eigenvalue weighted by Crippen LogP contribution is 2.30. The van der Waals surface area contributed by atoms with Crippen molar-refractivity contribution in [2.45, 2.75) is 19.8 Å². The molecule has 6 heteroatoms. The van der Waals surface area contributed by atoms with Crippen LogP contribution < -0.4 is 14.9 Å². The molecular formula is C24H25NO5. The van der Waals surface area contributed by atoms with Crippen molar-refractivity contribution < 1.29 is 18.7 Å². The first-order valence-electron chi connectivity index (χ1n) is 10.0. The monoisotopic (exact) mass is 407 g/mol. The van der Waals surface area contributed by atoms with Gasteiger partial charge in [-0.05, 0) is 61.1 Å². The predicted molar refractivity (Wildman–Crippen MR) is 114 cm³/mol. The zero-order chi connectivity index (χ0) is 21.3. The molecule has 1 saturated heterocycles. The van der Waals surface area contributed by atoms with E-state index >= 15 is 0 Å². The first-order chi connectivity index (χ1) is 14.5. The summed E-state index contributed by atoms with van der Waals surface area (Å²) in [5.41, 5.74) is 2.37. The van der Waals surface area contributed by atoms with Crippen LogP contribution in [0.3, 0.4) is 0 Å². The van der Waals surface area contributed by atoms with Crippen LogP contribution >= 0.6 is 0 Å². The van der Waals surface area contributed by atoms with Gasteiger partial charge in [-0.2, -0.15) is 0 Å². The third-order valence-corrected chi connectivity index (χ3v) is 5.64. The molecule has 0 radical (unpaired) electrons. The van der Waals surface area contributed by atoms with Gasteiger partial charge in [0.25, 0.3) is 5.91 Å².